The van der Waals surface area contributed by atoms with Gasteiger partial charge in [0.05, 0.1) is 7.11 Å². The molecule has 2 N–H and O–H groups in total. The molecule has 2 aromatic carbocycles. The molecule has 0 aromatic heterocycles. The lowest BCUT2D eigenvalue weighted by Crippen LogP contribution is -1.92. The van der Waals surface area contributed by atoms with Crippen molar-refractivity contribution in [2.45, 2.75) is 17.6 Å². The van der Waals surface area contributed by atoms with Gasteiger partial charge in [-0.05, 0) is 36.2 Å². The maximum Gasteiger partial charge on any atom is 0.118 e. The van der Waals surface area contributed by atoms with Crippen LogP contribution in [-0.2, 0) is 5.75 Å². The molecule has 0 unspecified atom stereocenters. The number of benzene rings is 2. The van der Waals surface area contributed by atoms with Gasteiger partial charge >= 0.3 is 0 Å². The maximum atomic E-state index is 6.05. The summed E-state index contributed by atoms with van der Waals surface area (Å²) in [4.78, 5) is 1.14. The first-order valence-corrected chi connectivity index (χ1v) is 6.80. The lowest BCUT2D eigenvalue weighted by molar-refractivity contribution is 0.414. The van der Waals surface area contributed by atoms with Crippen molar-refractivity contribution in [3.05, 3.63) is 53.6 Å². The van der Waals surface area contributed by atoms with Gasteiger partial charge in [0.15, 0.2) is 0 Å². The van der Waals surface area contributed by atoms with Crippen molar-refractivity contribution in [1.29, 1.82) is 0 Å². The van der Waals surface area contributed by atoms with Crippen LogP contribution in [0.15, 0.2) is 47.4 Å². The predicted octanol–water partition coefficient (Wildman–Crippen LogP) is 3.88. The number of thioether (sulfide) groups is 1. The zero-order valence-electron chi connectivity index (χ0n) is 10.6. The predicted molar refractivity (Wildman–Crippen MR) is 78.1 cm³/mol. The number of para-hydroxylation sites is 1. The fourth-order valence-electron chi connectivity index (χ4n) is 1.66. The Balaban J connectivity index is 2.04. The Morgan fingerprint density at radius 3 is 2.50 bits per heavy atom. The van der Waals surface area contributed by atoms with Crippen LogP contribution in [0.3, 0.4) is 0 Å². The largest absolute Gasteiger partial charge is 0.497 e. The number of nitrogen functional groups attached to an aromatic ring is 1. The van der Waals surface area contributed by atoms with Crippen LogP contribution in [-0.4, -0.2) is 7.11 Å². The monoisotopic (exact) mass is 259 g/mol. The number of anilines is 1. The van der Waals surface area contributed by atoms with Gasteiger partial charge in [-0.15, -0.1) is 11.8 Å². The molecule has 0 heterocycles. The molecule has 2 nitrogen and oxygen atoms in total. The molecule has 0 saturated heterocycles. The van der Waals surface area contributed by atoms with Crippen molar-refractivity contribution in [3.63, 3.8) is 0 Å². The van der Waals surface area contributed by atoms with Gasteiger partial charge in [-0.25, -0.2) is 0 Å². The van der Waals surface area contributed by atoms with E-state index >= 15 is 0 Å². The van der Waals surface area contributed by atoms with Crippen LogP contribution in [0.2, 0.25) is 0 Å². The Morgan fingerprint density at radius 2 is 1.83 bits per heavy atom. The molecule has 0 atom stereocenters. The highest BCUT2D eigenvalue weighted by molar-refractivity contribution is 7.98. The molecule has 0 aliphatic heterocycles. The molecule has 0 aliphatic rings. The Bertz CT molecular complexity index is 523. The van der Waals surface area contributed by atoms with Crippen molar-refractivity contribution < 1.29 is 4.74 Å². The van der Waals surface area contributed by atoms with Gasteiger partial charge in [0.1, 0.15) is 5.75 Å². The molecule has 94 valence electrons. The van der Waals surface area contributed by atoms with Gasteiger partial charge in [-0.3, -0.25) is 0 Å². The Labute approximate surface area is 112 Å². The summed E-state index contributed by atoms with van der Waals surface area (Å²) >= 11 is 1.76. The number of hydrogen-bond donors (Lipinski definition) is 1. The van der Waals surface area contributed by atoms with Crippen LogP contribution in [0.5, 0.6) is 5.75 Å². The van der Waals surface area contributed by atoms with Crippen molar-refractivity contribution in [2.24, 2.45) is 0 Å². The molecule has 0 saturated carbocycles. The van der Waals surface area contributed by atoms with Crippen molar-refractivity contribution >= 4 is 17.4 Å². The molecule has 0 fully saturated rings. The summed E-state index contributed by atoms with van der Waals surface area (Å²) in [6.45, 7) is 2.03. The third kappa shape index (κ3) is 2.99. The van der Waals surface area contributed by atoms with Crippen LogP contribution in [0.4, 0.5) is 5.69 Å². The van der Waals surface area contributed by atoms with Crippen molar-refractivity contribution in [3.8, 4) is 5.75 Å². The third-order valence-electron chi connectivity index (χ3n) is 2.84. The average Bonchev–Trinajstić information content (AvgIpc) is 2.41. The Kier molecular flexibility index (Phi) is 4.15. The molecular formula is C15H17NOS. The van der Waals surface area contributed by atoms with Crippen LogP contribution in [0, 0.1) is 6.92 Å². The van der Waals surface area contributed by atoms with E-state index in [0.29, 0.717) is 0 Å². The molecule has 2 aromatic rings. The lowest BCUT2D eigenvalue weighted by atomic mass is 10.2. The standard InChI is InChI=1S/C15H17NOS/c1-11-4-3-5-14(15(11)16)18-10-12-6-8-13(17-2)9-7-12/h3-9H,10,16H2,1-2H3. The molecule has 0 aliphatic carbocycles. The fourth-order valence-corrected chi connectivity index (χ4v) is 2.67. The number of ether oxygens (including phenoxy) is 1. The second-order valence-electron chi connectivity index (χ2n) is 4.12. The lowest BCUT2D eigenvalue weighted by Gasteiger charge is -2.08. The molecular weight excluding hydrogens is 242 g/mol. The van der Waals surface area contributed by atoms with Gasteiger partial charge in [0, 0.05) is 16.3 Å². The minimum atomic E-state index is 0.885. The third-order valence-corrected chi connectivity index (χ3v) is 3.98. The quantitative estimate of drug-likeness (QED) is 0.668. The Hall–Kier alpha value is -1.61. The van der Waals surface area contributed by atoms with Gasteiger partial charge in [-0.1, -0.05) is 24.3 Å². The molecule has 0 spiro atoms. The van der Waals surface area contributed by atoms with E-state index in [4.69, 9.17) is 10.5 Å². The second kappa shape index (κ2) is 5.83. The highest BCUT2D eigenvalue weighted by Gasteiger charge is 2.03. The topological polar surface area (TPSA) is 35.2 Å². The van der Waals surface area contributed by atoms with E-state index in [-0.39, 0.29) is 0 Å². The van der Waals surface area contributed by atoms with Crippen LogP contribution < -0.4 is 10.5 Å². The smallest absolute Gasteiger partial charge is 0.118 e. The number of methoxy groups -OCH3 is 1. The van der Waals surface area contributed by atoms with E-state index in [2.05, 4.69) is 18.2 Å². The summed E-state index contributed by atoms with van der Waals surface area (Å²) in [5.41, 5.74) is 9.34. The first kappa shape index (κ1) is 12.8. The van der Waals surface area contributed by atoms with Gasteiger partial charge in [0.2, 0.25) is 0 Å². The number of aryl methyl sites for hydroxylation is 1. The summed E-state index contributed by atoms with van der Waals surface area (Å²) in [6.07, 6.45) is 0. The van der Waals surface area contributed by atoms with Crippen LogP contribution in [0.25, 0.3) is 0 Å². The zero-order chi connectivity index (χ0) is 13.0. The second-order valence-corrected chi connectivity index (χ2v) is 5.14. The van der Waals surface area contributed by atoms with E-state index in [0.717, 1.165) is 27.6 Å². The Morgan fingerprint density at radius 1 is 1.11 bits per heavy atom. The fraction of sp³-hybridized carbons (Fsp3) is 0.200. The number of hydrogen-bond acceptors (Lipinski definition) is 3. The van der Waals surface area contributed by atoms with Gasteiger partial charge in [0.25, 0.3) is 0 Å². The van der Waals surface area contributed by atoms with E-state index in [1.807, 2.05) is 31.2 Å². The summed E-state index contributed by atoms with van der Waals surface area (Å²) in [5.74, 6) is 1.80. The minimum absolute atomic E-state index is 0.885. The zero-order valence-corrected chi connectivity index (χ0v) is 11.5. The number of nitrogens with two attached hydrogens (primary N) is 1. The van der Waals surface area contributed by atoms with E-state index < -0.39 is 0 Å². The average molecular weight is 259 g/mol. The molecule has 3 heteroatoms. The van der Waals surface area contributed by atoms with Gasteiger partial charge < -0.3 is 10.5 Å². The summed E-state index contributed by atoms with van der Waals surface area (Å²) in [6, 6.07) is 14.3. The van der Waals surface area contributed by atoms with Crippen LogP contribution in [0.1, 0.15) is 11.1 Å². The molecule has 0 radical (unpaired) electrons. The first-order chi connectivity index (χ1) is 8.70. The molecule has 0 amide bonds. The van der Waals surface area contributed by atoms with E-state index in [1.54, 1.807) is 18.9 Å². The SMILES string of the molecule is COc1ccc(CSc2cccc(C)c2N)cc1. The number of rotatable bonds is 4. The summed E-state index contributed by atoms with van der Waals surface area (Å²) in [7, 11) is 1.68. The summed E-state index contributed by atoms with van der Waals surface area (Å²) in [5, 5.41) is 0. The first-order valence-electron chi connectivity index (χ1n) is 5.81. The minimum Gasteiger partial charge on any atom is -0.497 e. The highest BCUT2D eigenvalue weighted by atomic mass is 32.2. The van der Waals surface area contributed by atoms with E-state index in [1.165, 1.54) is 5.56 Å². The summed E-state index contributed by atoms with van der Waals surface area (Å²) < 4.78 is 5.14. The highest BCUT2D eigenvalue weighted by Crippen LogP contribution is 2.30. The van der Waals surface area contributed by atoms with Gasteiger partial charge in [-0.2, -0.15) is 0 Å². The van der Waals surface area contributed by atoms with Crippen molar-refractivity contribution in [1.82, 2.24) is 0 Å². The maximum absolute atomic E-state index is 6.05. The molecule has 18 heavy (non-hydrogen) atoms. The van der Waals surface area contributed by atoms with Crippen LogP contribution >= 0.6 is 11.8 Å². The molecule has 2 rings (SSSR count). The normalized spacial score (nSPS) is 10.3. The van der Waals surface area contributed by atoms with Crippen molar-refractivity contribution in [2.75, 3.05) is 12.8 Å². The molecule has 0 bridgehead atoms. The van der Waals surface area contributed by atoms with E-state index in [9.17, 15) is 0 Å².